The zero-order valence-corrected chi connectivity index (χ0v) is 13.1. The van der Waals surface area contributed by atoms with E-state index in [0.29, 0.717) is 10.0 Å². The largest absolute Gasteiger partial charge is 0.452 e. The molecule has 1 aliphatic rings. The van der Waals surface area contributed by atoms with Crippen molar-refractivity contribution in [3.8, 4) is 6.07 Å². The van der Waals surface area contributed by atoms with Crippen molar-refractivity contribution in [1.29, 1.82) is 5.26 Å². The number of halogens is 1. The van der Waals surface area contributed by atoms with E-state index in [-0.39, 0.29) is 5.92 Å². The normalized spacial score (nSPS) is 16.4. The highest BCUT2D eigenvalue weighted by Gasteiger charge is 2.43. The Balaban J connectivity index is 1.88. The van der Waals surface area contributed by atoms with E-state index in [2.05, 4.69) is 27.3 Å². The second-order valence-electron chi connectivity index (χ2n) is 5.19. The van der Waals surface area contributed by atoms with E-state index in [1.807, 2.05) is 0 Å². The molecule has 6 heteroatoms. The van der Waals surface area contributed by atoms with Gasteiger partial charge in [0, 0.05) is 4.47 Å². The molecule has 1 amide bonds. The number of rotatable bonds is 5. The molecule has 1 N–H and O–H groups in total. The second-order valence-corrected chi connectivity index (χ2v) is 6.05. The van der Waals surface area contributed by atoms with Crippen LogP contribution in [0.25, 0.3) is 0 Å². The Bertz CT molecular complexity index is 607. The first-order chi connectivity index (χ1) is 9.96. The van der Waals surface area contributed by atoms with Crippen LogP contribution in [0, 0.1) is 17.2 Å². The number of carbonyl (C=O) groups is 2. The molecule has 1 fully saturated rings. The van der Waals surface area contributed by atoms with Crippen molar-refractivity contribution in [1.82, 2.24) is 5.32 Å². The highest BCUT2D eigenvalue weighted by atomic mass is 79.9. The summed E-state index contributed by atoms with van der Waals surface area (Å²) in [7, 11) is 0. The second kappa shape index (κ2) is 6.27. The van der Waals surface area contributed by atoms with E-state index >= 15 is 0 Å². The molecule has 2 rings (SSSR count). The molecule has 0 bridgehead atoms. The topological polar surface area (TPSA) is 79.2 Å². The maximum atomic E-state index is 11.9. The number of amides is 1. The number of esters is 1. The van der Waals surface area contributed by atoms with E-state index < -0.39 is 24.0 Å². The van der Waals surface area contributed by atoms with Gasteiger partial charge in [0.25, 0.3) is 5.91 Å². The number of nitrogens with zero attached hydrogens (tertiary/aromatic N) is 1. The highest BCUT2D eigenvalue weighted by molar-refractivity contribution is 9.10. The lowest BCUT2D eigenvalue weighted by Gasteiger charge is -2.22. The molecule has 1 atom stereocenters. The minimum absolute atomic E-state index is 0.186. The van der Waals surface area contributed by atoms with Crippen molar-refractivity contribution >= 4 is 27.8 Å². The Hall–Kier alpha value is -1.87. The van der Waals surface area contributed by atoms with Gasteiger partial charge < -0.3 is 10.1 Å². The molecule has 0 unspecified atom stereocenters. The lowest BCUT2D eigenvalue weighted by atomic mass is 9.98. The van der Waals surface area contributed by atoms with Crippen molar-refractivity contribution < 1.29 is 14.3 Å². The fourth-order valence-electron chi connectivity index (χ4n) is 2.04. The molecule has 0 aromatic heterocycles. The molecule has 1 aromatic carbocycles. The minimum Gasteiger partial charge on any atom is -0.452 e. The van der Waals surface area contributed by atoms with Crippen LogP contribution in [0.15, 0.2) is 28.7 Å². The van der Waals surface area contributed by atoms with E-state index in [1.54, 1.807) is 31.2 Å². The Morgan fingerprint density at radius 3 is 2.71 bits per heavy atom. The first-order valence-corrected chi connectivity index (χ1v) is 7.39. The number of hydrogen-bond acceptors (Lipinski definition) is 4. The first kappa shape index (κ1) is 15.5. The Morgan fingerprint density at radius 2 is 2.14 bits per heavy atom. The number of carbonyl (C=O) groups excluding carboxylic acids is 2. The van der Waals surface area contributed by atoms with Gasteiger partial charge in [-0.1, -0.05) is 12.1 Å². The number of ether oxygens (including phenoxy) is 1. The molecule has 0 aliphatic heterocycles. The number of hydrogen-bond donors (Lipinski definition) is 1. The average Bonchev–Trinajstić information content (AvgIpc) is 3.30. The van der Waals surface area contributed by atoms with Gasteiger partial charge in [-0.15, -0.1) is 0 Å². The zero-order chi connectivity index (χ0) is 15.5. The molecule has 0 radical (unpaired) electrons. The summed E-state index contributed by atoms with van der Waals surface area (Å²) in [6.45, 7) is 1.29. The van der Waals surface area contributed by atoms with Gasteiger partial charge in [-0.05, 0) is 53.7 Å². The molecular formula is C15H15BrN2O3. The summed E-state index contributed by atoms with van der Waals surface area (Å²) < 4.78 is 5.58. The molecule has 1 aliphatic carbocycles. The minimum atomic E-state index is -0.878. The summed E-state index contributed by atoms with van der Waals surface area (Å²) in [6.07, 6.45) is 1.86. The fourth-order valence-corrected chi connectivity index (χ4v) is 2.49. The molecule has 1 saturated carbocycles. The van der Waals surface area contributed by atoms with E-state index in [0.717, 1.165) is 12.8 Å². The van der Waals surface area contributed by atoms with E-state index in [9.17, 15) is 9.59 Å². The Labute approximate surface area is 131 Å². The summed E-state index contributed by atoms with van der Waals surface area (Å²) >= 11 is 3.25. The summed E-state index contributed by atoms with van der Waals surface area (Å²) in [4.78, 5) is 23.7. The monoisotopic (exact) mass is 350 g/mol. The van der Waals surface area contributed by atoms with Gasteiger partial charge in [0.05, 0.1) is 11.6 Å². The summed E-state index contributed by atoms with van der Waals surface area (Å²) in [5, 5.41) is 11.8. The third-order valence-corrected chi connectivity index (χ3v) is 4.14. The van der Waals surface area contributed by atoms with Crippen LogP contribution in [-0.2, 0) is 9.53 Å². The van der Waals surface area contributed by atoms with Crippen molar-refractivity contribution in [3.05, 3.63) is 34.3 Å². The van der Waals surface area contributed by atoms with Crippen LogP contribution in [0.3, 0.4) is 0 Å². The number of benzene rings is 1. The quantitative estimate of drug-likeness (QED) is 0.827. The van der Waals surface area contributed by atoms with Crippen molar-refractivity contribution in [2.24, 2.45) is 5.92 Å². The first-order valence-electron chi connectivity index (χ1n) is 6.60. The summed E-state index contributed by atoms with van der Waals surface area (Å²) in [5.74, 6) is -0.862. The highest BCUT2D eigenvalue weighted by Crippen LogP contribution is 2.39. The van der Waals surface area contributed by atoms with Gasteiger partial charge in [-0.2, -0.15) is 5.26 Å². The lowest BCUT2D eigenvalue weighted by molar-refractivity contribution is -0.125. The maximum absolute atomic E-state index is 11.9. The predicted molar refractivity (Wildman–Crippen MR) is 79.3 cm³/mol. The van der Waals surface area contributed by atoms with Crippen LogP contribution in [0.1, 0.15) is 30.1 Å². The molecule has 0 heterocycles. The van der Waals surface area contributed by atoms with Crippen LogP contribution in [0.4, 0.5) is 0 Å². The molecule has 110 valence electrons. The molecule has 0 saturated heterocycles. The van der Waals surface area contributed by atoms with Gasteiger partial charge in [0.2, 0.25) is 0 Å². The van der Waals surface area contributed by atoms with Crippen LogP contribution < -0.4 is 5.32 Å². The fraction of sp³-hybridized carbons (Fsp3) is 0.400. The Morgan fingerprint density at radius 1 is 1.48 bits per heavy atom. The average molecular weight is 351 g/mol. The van der Waals surface area contributed by atoms with Gasteiger partial charge in [-0.3, -0.25) is 4.79 Å². The Kier molecular flexibility index (Phi) is 4.63. The molecule has 5 nitrogen and oxygen atoms in total. The van der Waals surface area contributed by atoms with Crippen LogP contribution >= 0.6 is 15.9 Å². The SMILES string of the molecule is C[C@@](C#N)(NC(=O)COC(=O)c1ccccc1Br)C1CC1. The predicted octanol–water partition coefficient (Wildman–Crippen LogP) is 2.41. The standard InChI is InChI=1S/C15H15BrN2O3/c1-15(9-17,10-6-7-10)18-13(19)8-21-14(20)11-4-2-3-5-12(11)16/h2-5,10H,6-8H2,1H3,(H,18,19)/t15-/m0/s1. The summed E-state index contributed by atoms with van der Waals surface area (Å²) in [6, 6.07) is 8.93. The van der Waals surface area contributed by atoms with Crippen LogP contribution in [-0.4, -0.2) is 24.0 Å². The third-order valence-electron chi connectivity index (χ3n) is 3.45. The van der Waals surface area contributed by atoms with Gasteiger partial charge >= 0.3 is 5.97 Å². The lowest BCUT2D eigenvalue weighted by Crippen LogP contribution is -2.48. The van der Waals surface area contributed by atoms with Crippen molar-refractivity contribution in [2.75, 3.05) is 6.61 Å². The van der Waals surface area contributed by atoms with E-state index in [1.165, 1.54) is 0 Å². The van der Waals surface area contributed by atoms with Crippen LogP contribution in [0.5, 0.6) is 0 Å². The van der Waals surface area contributed by atoms with Crippen molar-refractivity contribution in [3.63, 3.8) is 0 Å². The molecule has 1 aromatic rings. The van der Waals surface area contributed by atoms with Crippen LogP contribution in [0.2, 0.25) is 0 Å². The number of nitrogens with one attached hydrogen (secondary N) is 1. The van der Waals surface area contributed by atoms with E-state index in [4.69, 9.17) is 10.00 Å². The van der Waals surface area contributed by atoms with Gasteiger partial charge in [0.1, 0.15) is 5.54 Å². The zero-order valence-electron chi connectivity index (χ0n) is 11.6. The smallest absolute Gasteiger partial charge is 0.339 e. The molecule has 0 spiro atoms. The van der Waals surface area contributed by atoms with Crippen molar-refractivity contribution in [2.45, 2.75) is 25.3 Å². The van der Waals surface area contributed by atoms with Gasteiger partial charge in [0.15, 0.2) is 6.61 Å². The molecule has 21 heavy (non-hydrogen) atoms. The third kappa shape index (κ3) is 3.82. The number of nitriles is 1. The van der Waals surface area contributed by atoms with Gasteiger partial charge in [-0.25, -0.2) is 4.79 Å². The maximum Gasteiger partial charge on any atom is 0.339 e. The summed E-state index contributed by atoms with van der Waals surface area (Å²) in [5.41, 5.74) is -0.521. The molecular weight excluding hydrogens is 336 g/mol.